The number of carbonyl (C=O) groups is 5. The topological polar surface area (TPSA) is 125 Å². The standard InChI is InChI=1S/C24H32N4O6/c1-15(28-21(31)17-7-5-6-8-18(17)22(28)32)20(30)27-13-10-16(11-14-27)26-19(29)9-12-25-23(33)34-24(2,3)4/h5-8,15-16H,9-14H2,1-4H3,(H,25,33)(H,26,29). The second kappa shape index (κ2) is 10.2. The fourth-order valence-electron chi connectivity index (χ4n) is 4.07. The molecule has 0 radical (unpaired) electrons. The van der Waals surface area contributed by atoms with Crippen molar-refractivity contribution in [2.24, 2.45) is 0 Å². The molecule has 1 saturated heterocycles. The number of amides is 5. The van der Waals surface area contributed by atoms with E-state index in [9.17, 15) is 24.0 Å². The molecule has 2 N–H and O–H groups in total. The van der Waals surface area contributed by atoms with Crippen LogP contribution in [0.1, 0.15) is 67.7 Å². The highest BCUT2D eigenvalue weighted by Gasteiger charge is 2.42. The first kappa shape index (κ1) is 25.2. The van der Waals surface area contributed by atoms with Gasteiger partial charge in [0, 0.05) is 32.1 Å². The second-order valence-electron chi connectivity index (χ2n) is 9.55. The lowest BCUT2D eigenvalue weighted by Gasteiger charge is -2.35. The summed E-state index contributed by atoms with van der Waals surface area (Å²) >= 11 is 0. The minimum Gasteiger partial charge on any atom is -0.444 e. The van der Waals surface area contributed by atoms with Gasteiger partial charge in [0.25, 0.3) is 11.8 Å². The van der Waals surface area contributed by atoms with Crippen LogP contribution in [0, 0.1) is 0 Å². The van der Waals surface area contributed by atoms with Crippen molar-refractivity contribution >= 4 is 29.7 Å². The third kappa shape index (κ3) is 5.92. The Hall–Kier alpha value is -3.43. The van der Waals surface area contributed by atoms with E-state index in [0.29, 0.717) is 37.1 Å². The molecule has 1 aromatic carbocycles. The van der Waals surface area contributed by atoms with Crippen molar-refractivity contribution in [1.29, 1.82) is 0 Å². The lowest BCUT2D eigenvalue weighted by molar-refractivity contribution is -0.136. The molecule has 5 amide bonds. The van der Waals surface area contributed by atoms with Crippen LogP contribution < -0.4 is 10.6 Å². The highest BCUT2D eigenvalue weighted by atomic mass is 16.6. The Morgan fingerprint density at radius 1 is 1.06 bits per heavy atom. The fourth-order valence-corrected chi connectivity index (χ4v) is 4.07. The van der Waals surface area contributed by atoms with Gasteiger partial charge < -0.3 is 20.3 Å². The Morgan fingerprint density at radius 2 is 1.62 bits per heavy atom. The van der Waals surface area contributed by atoms with Gasteiger partial charge in [-0.15, -0.1) is 0 Å². The van der Waals surface area contributed by atoms with Gasteiger partial charge in [0.2, 0.25) is 11.8 Å². The van der Waals surface area contributed by atoms with Crippen molar-refractivity contribution in [2.75, 3.05) is 19.6 Å². The second-order valence-corrected chi connectivity index (χ2v) is 9.55. The lowest BCUT2D eigenvalue weighted by atomic mass is 10.0. The van der Waals surface area contributed by atoms with Crippen molar-refractivity contribution in [2.45, 2.75) is 64.6 Å². The summed E-state index contributed by atoms with van der Waals surface area (Å²) in [6.45, 7) is 7.83. The summed E-state index contributed by atoms with van der Waals surface area (Å²) < 4.78 is 5.13. The summed E-state index contributed by atoms with van der Waals surface area (Å²) in [4.78, 5) is 64.8. The number of piperidine rings is 1. The smallest absolute Gasteiger partial charge is 0.407 e. The summed E-state index contributed by atoms with van der Waals surface area (Å²) in [6, 6.07) is 5.55. The average Bonchev–Trinajstić information content (AvgIpc) is 3.02. The number of benzene rings is 1. The Morgan fingerprint density at radius 3 is 2.15 bits per heavy atom. The molecule has 2 aliphatic rings. The number of hydrogen-bond donors (Lipinski definition) is 2. The van der Waals surface area contributed by atoms with Crippen molar-refractivity contribution in [3.63, 3.8) is 0 Å². The normalized spacial score (nSPS) is 17.3. The van der Waals surface area contributed by atoms with Gasteiger partial charge in [-0.2, -0.15) is 0 Å². The van der Waals surface area contributed by atoms with Crippen molar-refractivity contribution in [3.05, 3.63) is 35.4 Å². The Labute approximate surface area is 199 Å². The van der Waals surface area contributed by atoms with Crippen LogP contribution in [0.4, 0.5) is 4.79 Å². The van der Waals surface area contributed by atoms with E-state index in [-0.39, 0.29) is 30.8 Å². The monoisotopic (exact) mass is 472 g/mol. The molecule has 0 saturated carbocycles. The first-order chi connectivity index (χ1) is 16.0. The molecular formula is C24H32N4O6. The number of alkyl carbamates (subject to hydrolysis) is 1. The first-order valence-electron chi connectivity index (χ1n) is 11.5. The van der Waals surface area contributed by atoms with E-state index >= 15 is 0 Å². The number of nitrogens with zero attached hydrogens (tertiary/aromatic N) is 2. The molecule has 2 aliphatic heterocycles. The van der Waals surface area contributed by atoms with E-state index in [2.05, 4.69) is 10.6 Å². The van der Waals surface area contributed by atoms with E-state index in [1.54, 1.807) is 56.9 Å². The van der Waals surface area contributed by atoms with E-state index in [1.165, 1.54) is 0 Å². The predicted octanol–water partition coefficient (Wildman–Crippen LogP) is 1.69. The highest BCUT2D eigenvalue weighted by Crippen LogP contribution is 2.25. The molecule has 1 fully saturated rings. The number of ether oxygens (including phenoxy) is 1. The largest absolute Gasteiger partial charge is 0.444 e. The SMILES string of the molecule is CC(C(=O)N1CCC(NC(=O)CCNC(=O)OC(C)(C)C)CC1)N1C(=O)c2ccccc2C1=O. The van der Waals surface area contributed by atoms with Crippen molar-refractivity contribution in [3.8, 4) is 0 Å². The van der Waals surface area contributed by atoms with E-state index in [1.807, 2.05) is 0 Å². The van der Waals surface area contributed by atoms with Gasteiger partial charge in [-0.25, -0.2) is 4.79 Å². The molecule has 0 aromatic heterocycles. The average molecular weight is 473 g/mol. The van der Waals surface area contributed by atoms with Gasteiger partial charge >= 0.3 is 6.09 Å². The highest BCUT2D eigenvalue weighted by molar-refractivity contribution is 6.22. The lowest BCUT2D eigenvalue weighted by Crippen LogP contribution is -2.53. The van der Waals surface area contributed by atoms with Gasteiger partial charge in [0.15, 0.2) is 0 Å². The van der Waals surface area contributed by atoms with E-state index in [4.69, 9.17) is 4.74 Å². The Kier molecular flexibility index (Phi) is 7.58. The quantitative estimate of drug-likeness (QED) is 0.607. The molecule has 34 heavy (non-hydrogen) atoms. The molecule has 2 heterocycles. The number of rotatable bonds is 6. The zero-order valence-electron chi connectivity index (χ0n) is 20.1. The van der Waals surface area contributed by atoms with Crippen LogP contribution in [-0.4, -0.2) is 76.8 Å². The molecule has 10 nitrogen and oxygen atoms in total. The molecule has 0 bridgehead atoms. The maximum absolute atomic E-state index is 13.0. The van der Waals surface area contributed by atoms with Crippen molar-refractivity contribution in [1.82, 2.24) is 20.4 Å². The third-order valence-electron chi connectivity index (χ3n) is 5.76. The Balaban J connectivity index is 1.43. The van der Waals surface area contributed by atoms with E-state index in [0.717, 1.165) is 4.90 Å². The van der Waals surface area contributed by atoms with Crippen LogP contribution in [0.3, 0.4) is 0 Å². The van der Waals surface area contributed by atoms with Gasteiger partial charge in [-0.05, 0) is 52.7 Å². The summed E-state index contributed by atoms with van der Waals surface area (Å²) in [5, 5.41) is 5.47. The number of nitrogens with one attached hydrogen (secondary N) is 2. The molecule has 0 aliphatic carbocycles. The minimum atomic E-state index is -0.905. The Bertz CT molecular complexity index is 943. The summed E-state index contributed by atoms with van der Waals surface area (Å²) in [5.74, 6) is -1.40. The molecule has 1 aromatic rings. The minimum absolute atomic E-state index is 0.0901. The molecule has 184 valence electrons. The van der Waals surface area contributed by atoms with Gasteiger partial charge in [0.05, 0.1) is 11.1 Å². The third-order valence-corrected chi connectivity index (χ3v) is 5.76. The summed E-state index contributed by atoms with van der Waals surface area (Å²) in [7, 11) is 0. The number of fused-ring (bicyclic) bond motifs is 1. The zero-order valence-corrected chi connectivity index (χ0v) is 20.1. The zero-order chi connectivity index (χ0) is 25.0. The number of imide groups is 1. The maximum Gasteiger partial charge on any atom is 0.407 e. The van der Waals surface area contributed by atoms with Crippen LogP contribution in [0.2, 0.25) is 0 Å². The van der Waals surface area contributed by atoms with Gasteiger partial charge in [0.1, 0.15) is 11.6 Å². The molecule has 0 spiro atoms. The molecule has 3 rings (SSSR count). The van der Waals surface area contributed by atoms with E-state index < -0.39 is 29.6 Å². The number of carbonyl (C=O) groups excluding carboxylic acids is 5. The molecular weight excluding hydrogens is 440 g/mol. The molecule has 1 atom stereocenters. The molecule has 1 unspecified atom stereocenters. The van der Waals surface area contributed by atoms with Crippen LogP contribution in [0.15, 0.2) is 24.3 Å². The summed E-state index contributed by atoms with van der Waals surface area (Å²) in [5.41, 5.74) is 0.0265. The molecule has 10 heteroatoms. The van der Waals surface area contributed by atoms with Crippen LogP contribution in [0.5, 0.6) is 0 Å². The fraction of sp³-hybridized carbons (Fsp3) is 0.542. The van der Waals surface area contributed by atoms with Crippen molar-refractivity contribution < 1.29 is 28.7 Å². The van der Waals surface area contributed by atoms with Crippen LogP contribution >= 0.6 is 0 Å². The maximum atomic E-state index is 13.0. The van der Waals surface area contributed by atoms with Crippen LogP contribution in [-0.2, 0) is 14.3 Å². The number of hydrogen-bond acceptors (Lipinski definition) is 6. The van der Waals surface area contributed by atoms with Gasteiger partial charge in [-0.3, -0.25) is 24.1 Å². The first-order valence-corrected chi connectivity index (χ1v) is 11.5. The summed E-state index contributed by atoms with van der Waals surface area (Å²) in [6.07, 6.45) is 0.673. The predicted molar refractivity (Wildman–Crippen MR) is 123 cm³/mol. The van der Waals surface area contributed by atoms with Gasteiger partial charge in [-0.1, -0.05) is 12.1 Å². The number of likely N-dealkylation sites (tertiary alicyclic amines) is 1. The van der Waals surface area contributed by atoms with Crippen LogP contribution in [0.25, 0.3) is 0 Å².